The van der Waals surface area contributed by atoms with Crippen molar-refractivity contribution < 1.29 is 9.13 Å². The predicted molar refractivity (Wildman–Crippen MR) is 67.9 cm³/mol. The largest absolute Gasteiger partial charge is 0.486 e. The van der Waals surface area contributed by atoms with Crippen molar-refractivity contribution in [3.05, 3.63) is 29.6 Å². The first kappa shape index (κ1) is 11.4. The van der Waals surface area contributed by atoms with Crippen molar-refractivity contribution in [3.63, 3.8) is 0 Å². The normalized spacial score (nSPS) is 32.0. The lowest BCUT2D eigenvalue weighted by atomic mass is 9.85. The third-order valence-corrected chi connectivity index (χ3v) is 4.89. The van der Waals surface area contributed by atoms with E-state index < -0.39 is 0 Å². The average molecular weight is 253 g/mol. The first-order valence-corrected chi connectivity index (χ1v) is 7.16. The molecule has 2 atom stereocenters. The molecule has 3 rings (SSSR count). The highest BCUT2D eigenvalue weighted by molar-refractivity contribution is 7.99. The van der Waals surface area contributed by atoms with Crippen LogP contribution in [0, 0.1) is 5.82 Å². The second-order valence-electron chi connectivity index (χ2n) is 4.93. The van der Waals surface area contributed by atoms with Gasteiger partial charge in [0.25, 0.3) is 0 Å². The van der Waals surface area contributed by atoms with Gasteiger partial charge in [0.1, 0.15) is 17.2 Å². The minimum atomic E-state index is -0.253. The molecule has 0 aromatic heterocycles. The van der Waals surface area contributed by atoms with Gasteiger partial charge >= 0.3 is 0 Å². The Morgan fingerprint density at radius 1 is 1.47 bits per heavy atom. The maximum atomic E-state index is 13.3. The van der Waals surface area contributed by atoms with Gasteiger partial charge in [0.15, 0.2) is 0 Å². The van der Waals surface area contributed by atoms with E-state index in [0.717, 1.165) is 30.6 Å². The molecule has 0 saturated carbocycles. The summed E-state index contributed by atoms with van der Waals surface area (Å²) >= 11 is 1.91. The number of thioether (sulfide) groups is 1. The highest BCUT2D eigenvalue weighted by atomic mass is 32.2. The van der Waals surface area contributed by atoms with Crippen LogP contribution in [0.2, 0.25) is 0 Å². The van der Waals surface area contributed by atoms with Gasteiger partial charge in [-0.15, -0.1) is 0 Å². The standard InChI is InChI=1S/C13H16FNOS/c14-9-2-3-10-11(15)7-13(16-12(10)6-9)4-1-5-17-8-13/h2-3,6,11H,1,4-5,7-8,15H2/t11-,13?/m1/s1. The van der Waals surface area contributed by atoms with Crippen LogP contribution in [0.4, 0.5) is 4.39 Å². The van der Waals surface area contributed by atoms with Gasteiger partial charge in [0, 0.05) is 29.8 Å². The number of fused-ring (bicyclic) bond motifs is 1. The molecule has 4 heteroatoms. The van der Waals surface area contributed by atoms with E-state index in [9.17, 15) is 4.39 Å². The lowest BCUT2D eigenvalue weighted by Gasteiger charge is -2.43. The Morgan fingerprint density at radius 2 is 2.35 bits per heavy atom. The monoisotopic (exact) mass is 253 g/mol. The molecule has 2 nitrogen and oxygen atoms in total. The molecule has 17 heavy (non-hydrogen) atoms. The first-order valence-electron chi connectivity index (χ1n) is 6.00. The van der Waals surface area contributed by atoms with E-state index in [4.69, 9.17) is 10.5 Å². The van der Waals surface area contributed by atoms with Gasteiger partial charge in [-0.25, -0.2) is 4.39 Å². The molecule has 0 aliphatic carbocycles. The number of ether oxygens (including phenoxy) is 1. The van der Waals surface area contributed by atoms with Crippen molar-refractivity contribution in [2.75, 3.05) is 11.5 Å². The Balaban J connectivity index is 1.95. The van der Waals surface area contributed by atoms with Gasteiger partial charge in [-0.3, -0.25) is 0 Å². The zero-order valence-electron chi connectivity index (χ0n) is 9.62. The van der Waals surface area contributed by atoms with Crippen LogP contribution in [-0.4, -0.2) is 17.1 Å². The van der Waals surface area contributed by atoms with Crippen LogP contribution in [0.5, 0.6) is 5.75 Å². The second-order valence-corrected chi connectivity index (χ2v) is 6.04. The third kappa shape index (κ3) is 2.04. The van der Waals surface area contributed by atoms with E-state index in [1.807, 2.05) is 11.8 Å². The summed E-state index contributed by atoms with van der Waals surface area (Å²) in [6.45, 7) is 0. The SMILES string of the molecule is N[C@@H]1CC2(CCCSC2)Oc2cc(F)ccc21. The van der Waals surface area contributed by atoms with Crippen LogP contribution >= 0.6 is 11.8 Å². The molecule has 1 unspecified atom stereocenters. The number of halogens is 1. The lowest BCUT2D eigenvalue weighted by molar-refractivity contribution is 0.0468. The van der Waals surface area contributed by atoms with E-state index >= 15 is 0 Å². The van der Waals surface area contributed by atoms with E-state index in [-0.39, 0.29) is 17.5 Å². The summed E-state index contributed by atoms with van der Waals surface area (Å²) in [5, 5.41) is 0. The lowest BCUT2D eigenvalue weighted by Crippen LogP contribution is -2.46. The maximum absolute atomic E-state index is 13.3. The molecule has 1 fully saturated rings. The van der Waals surface area contributed by atoms with E-state index in [2.05, 4.69) is 0 Å². The summed E-state index contributed by atoms with van der Waals surface area (Å²) in [5.41, 5.74) is 6.96. The fourth-order valence-electron chi connectivity index (χ4n) is 2.76. The molecular weight excluding hydrogens is 237 g/mol. The minimum Gasteiger partial charge on any atom is -0.486 e. The number of nitrogens with two attached hydrogens (primary N) is 1. The zero-order valence-corrected chi connectivity index (χ0v) is 10.4. The maximum Gasteiger partial charge on any atom is 0.127 e. The highest BCUT2D eigenvalue weighted by Crippen LogP contribution is 2.44. The summed E-state index contributed by atoms with van der Waals surface area (Å²) < 4.78 is 19.3. The summed E-state index contributed by atoms with van der Waals surface area (Å²) in [6, 6.07) is 4.64. The van der Waals surface area contributed by atoms with Crippen LogP contribution in [0.25, 0.3) is 0 Å². The fraction of sp³-hybridized carbons (Fsp3) is 0.538. The third-order valence-electron chi connectivity index (χ3n) is 3.58. The molecule has 2 heterocycles. The molecular formula is C13H16FNOS. The van der Waals surface area contributed by atoms with Crippen molar-refractivity contribution in [3.8, 4) is 5.75 Å². The molecule has 2 aliphatic heterocycles. The summed E-state index contributed by atoms with van der Waals surface area (Å²) in [4.78, 5) is 0. The van der Waals surface area contributed by atoms with Gasteiger partial charge in [-0.05, 0) is 24.7 Å². The Morgan fingerprint density at radius 3 is 3.12 bits per heavy atom. The number of rotatable bonds is 0. The molecule has 92 valence electrons. The first-order chi connectivity index (χ1) is 8.19. The number of benzene rings is 1. The summed E-state index contributed by atoms with van der Waals surface area (Å²) in [6.07, 6.45) is 3.03. The molecule has 1 saturated heterocycles. The van der Waals surface area contributed by atoms with Crippen molar-refractivity contribution >= 4 is 11.8 Å². The number of hydrogen-bond acceptors (Lipinski definition) is 3. The molecule has 1 aromatic carbocycles. The van der Waals surface area contributed by atoms with Crippen LogP contribution in [-0.2, 0) is 0 Å². The minimum absolute atomic E-state index is 0.0296. The van der Waals surface area contributed by atoms with Gasteiger partial charge in [0.05, 0.1) is 0 Å². The van der Waals surface area contributed by atoms with Gasteiger partial charge < -0.3 is 10.5 Å². The van der Waals surface area contributed by atoms with E-state index in [1.165, 1.54) is 17.9 Å². The Hall–Kier alpha value is -0.740. The number of hydrogen-bond donors (Lipinski definition) is 1. The quantitative estimate of drug-likeness (QED) is 0.772. The summed E-state index contributed by atoms with van der Waals surface area (Å²) in [7, 11) is 0. The molecule has 0 radical (unpaired) electrons. The molecule has 1 spiro atoms. The molecule has 2 N–H and O–H groups in total. The Bertz CT molecular complexity index is 431. The van der Waals surface area contributed by atoms with Crippen molar-refractivity contribution in [2.24, 2.45) is 5.73 Å². The van der Waals surface area contributed by atoms with Crippen LogP contribution < -0.4 is 10.5 Å². The van der Waals surface area contributed by atoms with Crippen molar-refractivity contribution in [1.82, 2.24) is 0 Å². The second kappa shape index (κ2) is 4.18. The van der Waals surface area contributed by atoms with Gasteiger partial charge in [-0.1, -0.05) is 6.07 Å². The van der Waals surface area contributed by atoms with Crippen LogP contribution in [0.3, 0.4) is 0 Å². The highest BCUT2D eigenvalue weighted by Gasteiger charge is 2.41. The molecule has 0 bridgehead atoms. The molecule has 1 aromatic rings. The van der Waals surface area contributed by atoms with Crippen LogP contribution in [0.1, 0.15) is 30.9 Å². The Labute approximate surface area is 105 Å². The van der Waals surface area contributed by atoms with Crippen LogP contribution in [0.15, 0.2) is 18.2 Å². The summed E-state index contributed by atoms with van der Waals surface area (Å²) in [5.74, 6) is 2.55. The van der Waals surface area contributed by atoms with Crippen molar-refractivity contribution in [1.29, 1.82) is 0 Å². The van der Waals surface area contributed by atoms with E-state index in [1.54, 1.807) is 6.07 Å². The molecule has 0 amide bonds. The zero-order chi connectivity index (χ0) is 11.9. The van der Waals surface area contributed by atoms with Gasteiger partial charge in [0.2, 0.25) is 0 Å². The fourth-order valence-corrected chi connectivity index (χ4v) is 3.94. The smallest absolute Gasteiger partial charge is 0.127 e. The molecule has 2 aliphatic rings. The predicted octanol–water partition coefficient (Wildman–Crippen LogP) is 2.87. The van der Waals surface area contributed by atoms with Crippen molar-refractivity contribution in [2.45, 2.75) is 30.9 Å². The topological polar surface area (TPSA) is 35.2 Å². The Kier molecular flexibility index (Phi) is 2.79. The average Bonchev–Trinajstić information content (AvgIpc) is 2.29. The van der Waals surface area contributed by atoms with Gasteiger partial charge in [-0.2, -0.15) is 11.8 Å². The van der Waals surface area contributed by atoms with E-state index in [0.29, 0.717) is 5.75 Å².